The zero-order valence-corrected chi connectivity index (χ0v) is 29.5. The summed E-state index contributed by atoms with van der Waals surface area (Å²) in [7, 11) is 0. The van der Waals surface area contributed by atoms with Crippen LogP contribution in [0.1, 0.15) is 15.9 Å². The quantitative estimate of drug-likeness (QED) is 0.0701. The molecule has 0 aliphatic heterocycles. The maximum atomic E-state index is 13.2. The van der Waals surface area contributed by atoms with Crippen molar-refractivity contribution in [3.05, 3.63) is 96.2 Å². The van der Waals surface area contributed by atoms with Crippen molar-refractivity contribution in [1.82, 2.24) is 20.3 Å². The van der Waals surface area contributed by atoms with Crippen LogP contribution >= 0.6 is 0 Å². The normalized spacial score (nSPS) is 12.3. The lowest BCUT2D eigenvalue weighted by atomic mass is 10.0. The second-order valence-electron chi connectivity index (χ2n) is 11.5. The van der Waals surface area contributed by atoms with Crippen molar-refractivity contribution in [1.29, 1.82) is 0 Å². The first-order chi connectivity index (χ1) is 26.2. The van der Waals surface area contributed by atoms with Crippen molar-refractivity contribution < 1.29 is 51.6 Å². The number of Topliss-reactive ketones (excluding diaryl/α,β-unsaturated/α-hetero) is 1. The fraction of sp³-hybridized carbons (Fsp3) is 0.405. The van der Waals surface area contributed by atoms with E-state index in [0.717, 1.165) is 5.56 Å². The Morgan fingerprint density at radius 3 is 1.78 bits per heavy atom. The largest absolute Gasteiger partial charge is 0.452 e. The number of amides is 1. The number of aliphatic hydroxyl groups is 1. The standard InChI is InChI=1S/C37H43F3N6O8/c38-37(39,40)35(48)33(26-28-4-2-1-3-5-28)41-36(49)30-8-12-32(13-9-30)43-42-31-10-6-29(7-11-31)34-27-46(45-44-34)14-16-50-18-20-52-22-24-54-25-23-53-21-19-51-17-15-47/h1-13,27,33,47H,14-26H2,(H,41,49). The maximum Gasteiger partial charge on any atom is 0.452 e. The summed E-state index contributed by atoms with van der Waals surface area (Å²) >= 11 is 0. The van der Waals surface area contributed by atoms with Gasteiger partial charge in [0, 0.05) is 17.5 Å². The van der Waals surface area contributed by atoms with Crippen molar-refractivity contribution in [3.63, 3.8) is 0 Å². The molecule has 0 bridgehead atoms. The highest BCUT2D eigenvalue weighted by molar-refractivity contribution is 5.99. The molecule has 1 heterocycles. The smallest absolute Gasteiger partial charge is 0.394 e. The van der Waals surface area contributed by atoms with E-state index in [0.29, 0.717) is 95.2 Å². The zero-order chi connectivity index (χ0) is 38.4. The molecule has 0 saturated heterocycles. The molecule has 1 aromatic heterocycles. The molecule has 4 rings (SSSR count). The van der Waals surface area contributed by atoms with Crippen LogP contribution in [-0.4, -0.2) is 117 Å². The van der Waals surface area contributed by atoms with Gasteiger partial charge in [-0.15, -0.1) is 5.10 Å². The Morgan fingerprint density at radius 1 is 0.722 bits per heavy atom. The lowest BCUT2D eigenvalue weighted by Gasteiger charge is -2.19. The number of rotatable bonds is 25. The average molecular weight is 757 g/mol. The summed E-state index contributed by atoms with van der Waals surface area (Å²) in [5.74, 6) is -2.85. The highest BCUT2D eigenvalue weighted by Gasteiger charge is 2.44. The number of benzene rings is 3. The summed E-state index contributed by atoms with van der Waals surface area (Å²) in [5.41, 5.74) is 2.99. The molecule has 0 saturated carbocycles. The molecule has 17 heteroatoms. The monoisotopic (exact) mass is 756 g/mol. The molecule has 0 aliphatic carbocycles. The highest BCUT2D eigenvalue weighted by atomic mass is 19.4. The van der Waals surface area contributed by atoms with E-state index >= 15 is 0 Å². The molecule has 0 spiro atoms. The number of azo groups is 1. The van der Waals surface area contributed by atoms with Gasteiger partial charge >= 0.3 is 6.18 Å². The van der Waals surface area contributed by atoms with Gasteiger partial charge in [0.05, 0.1) is 96.8 Å². The molecule has 4 aromatic rings. The molecule has 290 valence electrons. The van der Waals surface area contributed by atoms with Crippen molar-refractivity contribution in [2.75, 3.05) is 72.7 Å². The third kappa shape index (κ3) is 15.2. The predicted molar refractivity (Wildman–Crippen MR) is 190 cm³/mol. The Kier molecular flexibility index (Phi) is 17.8. The number of hydrogen-bond donors (Lipinski definition) is 2. The number of nitrogens with one attached hydrogen (secondary N) is 1. The van der Waals surface area contributed by atoms with E-state index in [1.165, 1.54) is 24.3 Å². The number of nitrogens with zero attached hydrogens (tertiary/aromatic N) is 5. The van der Waals surface area contributed by atoms with Crippen LogP contribution in [0.3, 0.4) is 0 Å². The van der Waals surface area contributed by atoms with Crippen molar-refractivity contribution in [3.8, 4) is 11.3 Å². The molecule has 3 aromatic carbocycles. The van der Waals surface area contributed by atoms with E-state index in [-0.39, 0.29) is 18.6 Å². The minimum absolute atomic E-state index is 0.00145. The molecule has 0 radical (unpaired) electrons. The summed E-state index contributed by atoms with van der Waals surface area (Å²) in [5, 5.41) is 27.6. The summed E-state index contributed by atoms with van der Waals surface area (Å²) in [6, 6.07) is 19.3. The Morgan fingerprint density at radius 2 is 1.24 bits per heavy atom. The molecule has 1 amide bonds. The number of carbonyl (C=O) groups excluding carboxylic acids is 2. The fourth-order valence-corrected chi connectivity index (χ4v) is 4.74. The third-order valence-electron chi connectivity index (χ3n) is 7.48. The minimum Gasteiger partial charge on any atom is -0.394 e. The SMILES string of the molecule is O=C(NC(Cc1ccccc1)C(=O)C(F)(F)F)c1ccc(N=Nc2ccc(-c3cn(CCOCCOCCOCCOCCOCCO)nn3)cc2)cc1. The number of aliphatic hydroxyl groups excluding tert-OH is 1. The van der Waals surface area contributed by atoms with E-state index in [1.54, 1.807) is 53.3 Å². The number of carbonyl (C=O) groups is 2. The first kappa shape index (κ1) is 41.8. The summed E-state index contributed by atoms with van der Waals surface area (Å²) in [6.07, 6.45) is -3.60. The first-order valence-corrected chi connectivity index (χ1v) is 17.2. The lowest BCUT2D eigenvalue weighted by Crippen LogP contribution is -2.48. The molecule has 0 aliphatic rings. The van der Waals surface area contributed by atoms with Gasteiger partial charge in [-0.1, -0.05) is 47.7 Å². The van der Waals surface area contributed by atoms with Gasteiger partial charge in [0.1, 0.15) is 11.7 Å². The maximum absolute atomic E-state index is 13.2. The van der Waals surface area contributed by atoms with E-state index in [1.807, 2.05) is 12.1 Å². The van der Waals surface area contributed by atoms with Crippen LogP contribution in [0.2, 0.25) is 0 Å². The van der Waals surface area contributed by atoms with Crippen LogP contribution in [0.4, 0.5) is 24.5 Å². The molecule has 1 unspecified atom stereocenters. The Hall–Kier alpha value is -4.91. The number of halogens is 3. The van der Waals surface area contributed by atoms with Gasteiger partial charge < -0.3 is 34.1 Å². The van der Waals surface area contributed by atoms with Crippen LogP contribution in [0.15, 0.2) is 95.3 Å². The number of alkyl halides is 3. The molecular weight excluding hydrogens is 713 g/mol. The fourth-order valence-electron chi connectivity index (χ4n) is 4.74. The number of aromatic nitrogens is 3. The first-order valence-electron chi connectivity index (χ1n) is 17.2. The topological polar surface area (TPSA) is 168 Å². The van der Waals surface area contributed by atoms with Gasteiger partial charge in [-0.25, -0.2) is 4.68 Å². The van der Waals surface area contributed by atoms with E-state index < -0.39 is 23.9 Å². The van der Waals surface area contributed by atoms with Gasteiger partial charge in [-0.05, 0) is 42.0 Å². The Balaban J connectivity index is 1.13. The zero-order valence-electron chi connectivity index (χ0n) is 29.5. The lowest BCUT2D eigenvalue weighted by molar-refractivity contribution is -0.173. The second-order valence-corrected chi connectivity index (χ2v) is 11.5. The predicted octanol–water partition coefficient (Wildman–Crippen LogP) is 4.91. The molecular formula is C37H43F3N6O8. The van der Waals surface area contributed by atoms with E-state index in [2.05, 4.69) is 25.9 Å². The van der Waals surface area contributed by atoms with E-state index in [4.69, 9.17) is 28.8 Å². The average Bonchev–Trinajstić information content (AvgIpc) is 3.66. The second kappa shape index (κ2) is 23.0. The third-order valence-corrected chi connectivity index (χ3v) is 7.48. The molecule has 14 nitrogen and oxygen atoms in total. The van der Waals surface area contributed by atoms with E-state index in [9.17, 15) is 22.8 Å². The summed E-state index contributed by atoms with van der Waals surface area (Å²) in [6.45, 7) is 4.82. The van der Waals surface area contributed by atoms with Crippen LogP contribution in [0.5, 0.6) is 0 Å². The highest BCUT2D eigenvalue weighted by Crippen LogP contribution is 2.24. The van der Waals surface area contributed by atoms with Crippen molar-refractivity contribution >= 4 is 23.1 Å². The van der Waals surface area contributed by atoms with Crippen LogP contribution in [0, 0.1) is 0 Å². The van der Waals surface area contributed by atoms with Gasteiger partial charge in [-0.3, -0.25) is 9.59 Å². The van der Waals surface area contributed by atoms with Gasteiger partial charge in [0.2, 0.25) is 0 Å². The number of hydrogen-bond acceptors (Lipinski definition) is 12. The van der Waals surface area contributed by atoms with Gasteiger partial charge in [0.15, 0.2) is 0 Å². The molecule has 2 N–H and O–H groups in total. The number of ketones is 1. The molecule has 54 heavy (non-hydrogen) atoms. The van der Waals surface area contributed by atoms with Crippen molar-refractivity contribution in [2.24, 2.45) is 10.2 Å². The molecule has 0 fully saturated rings. The minimum atomic E-state index is -5.10. The van der Waals surface area contributed by atoms with Crippen molar-refractivity contribution in [2.45, 2.75) is 25.2 Å². The van der Waals surface area contributed by atoms with Crippen LogP contribution in [0.25, 0.3) is 11.3 Å². The Labute approximate surface area is 310 Å². The Bertz CT molecular complexity index is 1710. The van der Waals surface area contributed by atoms with Gasteiger partial charge in [0.25, 0.3) is 11.7 Å². The summed E-state index contributed by atoms with van der Waals surface area (Å²) in [4.78, 5) is 24.8. The number of ether oxygens (including phenoxy) is 5. The molecule has 1 atom stereocenters. The van der Waals surface area contributed by atoms with Gasteiger partial charge in [-0.2, -0.15) is 23.4 Å². The van der Waals surface area contributed by atoms with Crippen LogP contribution < -0.4 is 5.32 Å². The summed E-state index contributed by atoms with van der Waals surface area (Å²) < 4.78 is 68.3. The van der Waals surface area contributed by atoms with Crippen LogP contribution in [-0.2, 0) is 41.4 Å².